The first kappa shape index (κ1) is 14.3. The van der Waals surface area contributed by atoms with Crippen LogP contribution in [0, 0.1) is 40.4 Å². The van der Waals surface area contributed by atoms with Crippen molar-refractivity contribution in [3.05, 3.63) is 0 Å². The van der Waals surface area contributed by atoms with Crippen LogP contribution in [0.15, 0.2) is 0 Å². The Labute approximate surface area is 130 Å². The fourth-order valence-corrected chi connectivity index (χ4v) is 7.08. The fourth-order valence-electron chi connectivity index (χ4n) is 7.08. The largest absolute Gasteiger partial charge is 0.299 e. The first-order valence-corrected chi connectivity index (χ1v) is 9.44. The summed E-state index contributed by atoms with van der Waals surface area (Å²) >= 11 is 0. The number of carbonyl (C=O) groups is 1. The SMILES string of the molecule is CC1(C)CCC2C(CCC3C2CCC2(C)C(=O)CCC32)C1. The summed E-state index contributed by atoms with van der Waals surface area (Å²) in [5, 5.41) is 0. The Balaban J connectivity index is 1.57. The quantitative estimate of drug-likeness (QED) is 0.596. The van der Waals surface area contributed by atoms with Crippen molar-refractivity contribution in [1.29, 1.82) is 0 Å². The smallest absolute Gasteiger partial charge is 0.139 e. The summed E-state index contributed by atoms with van der Waals surface area (Å²) in [6.45, 7) is 7.26. The van der Waals surface area contributed by atoms with Gasteiger partial charge in [0.2, 0.25) is 0 Å². The summed E-state index contributed by atoms with van der Waals surface area (Å²) < 4.78 is 0. The average Bonchev–Trinajstić information content (AvgIpc) is 2.73. The van der Waals surface area contributed by atoms with E-state index in [-0.39, 0.29) is 5.41 Å². The van der Waals surface area contributed by atoms with Gasteiger partial charge in [-0.2, -0.15) is 0 Å². The van der Waals surface area contributed by atoms with Gasteiger partial charge in [0.1, 0.15) is 5.78 Å². The van der Waals surface area contributed by atoms with Gasteiger partial charge in [0.05, 0.1) is 0 Å². The topological polar surface area (TPSA) is 17.1 Å². The van der Waals surface area contributed by atoms with Crippen LogP contribution >= 0.6 is 0 Å². The van der Waals surface area contributed by atoms with Crippen molar-refractivity contribution in [1.82, 2.24) is 0 Å². The van der Waals surface area contributed by atoms with E-state index < -0.39 is 0 Å². The highest BCUT2D eigenvalue weighted by atomic mass is 16.1. The predicted octanol–water partition coefficient (Wildman–Crippen LogP) is 5.23. The average molecular weight is 288 g/mol. The zero-order valence-corrected chi connectivity index (χ0v) is 14.2. The lowest BCUT2D eigenvalue weighted by molar-refractivity contribution is -0.133. The normalized spacial score (nSPS) is 52.0. The number of hydrogen-bond donors (Lipinski definition) is 0. The molecule has 0 amide bonds. The van der Waals surface area contributed by atoms with Gasteiger partial charge in [-0.05, 0) is 86.4 Å². The zero-order chi connectivity index (χ0) is 14.8. The van der Waals surface area contributed by atoms with Crippen LogP contribution in [0.1, 0.15) is 78.6 Å². The summed E-state index contributed by atoms with van der Waals surface area (Å²) in [7, 11) is 0. The Hall–Kier alpha value is -0.330. The molecular weight excluding hydrogens is 256 g/mol. The van der Waals surface area contributed by atoms with Gasteiger partial charge < -0.3 is 0 Å². The van der Waals surface area contributed by atoms with Gasteiger partial charge in [-0.3, -0.25) is 4.79 Å². The van der Waals surface area contributed by atoms with E-state index >= 15 is 0 Å². The van der Waals surface area contributed by atoms with Crippen LogP contribution < -0.4 is 0 Å². The molecule has 0 aromatic heterocycles. The van der Waals surface area contributed by atoms with Crippen LogP contribution in [-0.4, -0.2) is 5.78 Å². The van der Waals surface area contributed by atoms with Crippen molar-refractivity contribution < 1.29 is 4.79 Å². The van der Waals surface area contributed by atoms with Crippen molar-refractivity contribution in [2.24, 2.45) is 40.4 Å². The summed E-state index contributed by atoms with van der Waals surface area (Å²) in [6.07, 6.45) is 11.9. The van der Waals surface area contributed by atoms with Gasteiger partial charge in [-0.25, -0.2) is 0 Å². The molecule has 21 heavy (non-hydrogen) atoms. The highest BCUT2D eigenvalue weighted by molar-refractivity contribution is 5.87. The second kappa shape index (κ2) is 4.59. The van der Waals surface area contributed by atoms with Gasteiger partial charge in [-0.1, -0.05) is 20.8 Å². The lowest BCUT2D eigenvalue weighted by atomic mass is 9.49. The van der Waals surface area contributed by atoms with E-state index in [2.05, 4.69) is 20.8 Å². The first-order chi connectivity index (χ1) is 9.91. The molecule has 118 valence electrons. The molecule has 6 unspecified atom stereocenters. The molecule has 4 aliphatic rings. The fraction of sp³-hybridized carbons (Fsp3) is 0.950. The molecule has 1 heteroatoms. The highest BCUT2D eigenvalue weighted by Crippen LogP contribution is 2.62. The molecule has 0 N–H and O–H groups in total. The van der Waals surface area contributed by atoms with E-state index in [1.54, 1.807) is 0 Å². The van der Waals surface area contributed by atoms with Crippen molar-refractivity contribution in [3.63, 3.8) is 0 Å². The number of hydrogen-bond acceptors (Lipinski definition) is 1. The van der Waals surface area contributed by atoms with Crippen molar-refractivity contribution in [2.75, 3.05) is 0 Å². The van der Waals surface area contributed by atoms with Crippen LogP contribution in [0.2, 0.25) is 0 Å². The molecule has 4 rings (SSSR count). The maximum Gasteiger partial charge on any atom is 0.139 e. The lowest BCUT2D eigenvalue weighted by Gasteiger charge is -2.56. The third-order valence-corrected chi connectivity index (χ3v) is 8.20. The van der Waals surface area contributed by atoms with Crippen LogP contribution in [0.5, 0.6) is 0 Å². The molecule has 0 aliphatic heterocycles. The molecule has 0 saturated heterocycles. The monoisotopic (exact) mass is 288 g/mol. The summed E-state index contributed by atoms with van der Waals surface area (Å²) in [5.41, 5.74) is 0.655. The maximum absolute atomic E-state index is 12.4. The molecule has 1 nitrogen and oxygen atoms in total. The lowest BCUT2D eigenvalue weighted by Crippen LogP contribution is -2.49. The van der Waals surface area contributed by atoms with Gasteiger partial charge in [-0.15, -0.1) is 0 Å². The summed E-state index contributed by atoms with van der Waals surface area (Å²) in [4.78, 5) is 12.4. The molecule has 0 spiro atoms. The van der Waals surface area contributed by atoms with E-state index in [9.17, 15) is 4.79 Å². The Morgan fingerprint density at radius 1 is 0.857 bits per heavy atom. The minimum Gasteiger partial charge on any atom is -0.299 e. The number of carbonyl (C=O) groups excluding carboxylic acids is 1. The Morgan fingerprint density at radius 2 is 1.62 bits per heavy atom. The van der Waals surface area contributed by atoms with Crippen LogP contribution in [0.4, 0.5) is 0 Å². The van der Waals surface area contributed by atoms with Gasteiger partial charge in [0.15, 0.2) is 0 Å². The maximum atomic E-state index is 12.4. The second-order valence-electron chi connectivity index (χ2n) is 9.76. The molecule has 0 aromatic rings. The summed E-state index contributed by atoms with van der Waals surface area (Å²) in [5.74, 6) is 5.17. The van der Waals surface area contributed by atoms with Crippen molar-refractivity contribution in [2.45, 2.75) is 78.6 Å². The number of Topliss-reactive ketones (excluding diaryl/α,β-unsaturated/α-hetero) is 1. The number of rotatable bonds is 0. The van der Waals surface area contributed by atoms with E-state index in [0.717, 1.165) is 36.0 Å². The van der Waals surface area contributed by atoms with E-state index in [0.29, 0.717) is 11.2 Å². The Morgan fingerprint density at radius 3 is 2.43 bits per heavy atom. The molecule has 4 aliphatic carbocycles. The molecule has 0 aromatic carbocycles. The molecule has 0 radical (unpaired) electrons. The first-order valence-electron chi connectivity index (χ1n) is 9.44. The highest BCUT2D eigenvalue weighted by Gasteiger charge is 2.57. The van der Waals surface area contributed by atoms with E-state index in [1.807, 2.05) is 0 Å². The Kier molecular flexibility index (Phi) is 3.12. The van der Waals surface area contributed by atoms with Gasteiger partial charge in [0.25, 0.3) is 0 Å². The molecule has 4 fully saturated rings. The van der Waals surface area contributed by atoms with Gasteiger partial charge >= 0.3 is 0 Å². The standard InChI is InChI=1S/C20H32O/c1-19(2)10-8-14-13(12-19)4-5-16-15(14)9-11-20(3)17(16)6-7-18(20)21/h13-17H,4-12H2,1-3H3. The minimum absolute atomic E-state index is 0.0714. The van der Waals surface area contributed by atoms with Crippen LogP contribution in [0.25, 0.3) is 0 Å². The molecule has 0 bridgehead atoms. The molecule has 0 heterocycles. The van der Waals surface area contributed by atoms with Crippen LogP contribution in [-0.2, 0) is 4.79 Å². The van der Waals surface area contributed by atoms with Crippen molar-refractivity contribution >= 4 is 5.78 Å². The van der Waals surface area contributed by atoms with Crippen LogP contribution in [0.3, 0.4) is 0 Å². The zero-order valence-electron chi connectivity index (χ0n) is 14.2. The Bertz CT molecular complexity index is 451. The van der Waals surface area contributed by atoms with Crippen molar-refractivity contribution in [3.8, 4) is 0 Å². The number of ketones is 1. The minimum atomic E-state index is 0.0714. The third-order valence-electron chi connectivity index (χ3n) is 8.20. The summed E-state index contributed by atoms with van der Waals surface area (Å²) in [6, 6.07) is 0. The third kappa shape index (κ3) is 2.05. The van der Waals surface area contributed by atoms with E-state index in [4.69, 9.17) is 0 Å². The number of fused-ring (bicyclic) bond motifs is 5. The second-order valence-corrected chi connectivity index (χ2v) is 9.76. The van der Waals surface area contributed by atoms with E-state index in [1.165, 1.54) is 51.4 Å². The molecule has 6 atom stereocenters. The van der Waals surface area contributed by atoms with Gasteiger partial charge in [0, 0.05) is 11.8 Å². The molecular formula is C20H32O. The molecule has 4 saturated carbocycles. The predicted molar refractivity (Wildman–Crippen MR) is 85.9 cm³/mol.